The Labute approximate surface area is 206 Å². The summed E-state index contributed by atoms with van der Waals surface area (Å²) in [7, 11) is 3.97. The van der Waals surface area contributed by atoms with Gasteiger partial charge in [0.1, 0.15) is 5.92 Å². The molecule has 0 bridgehead atoms. The molecule has 0 fully saturated rings. The first-order chi connectivity index (χ1) is 16.3. The van der Waals surface area contributed by atoms with Crippen LogP contribution >= 0.6 is 11.6 Å². The van der Waals surface area contributed by atoms with Crippen LogP contribution in [0.5, 0.6) is 0 Å². The Hall–Kier alpha value is -2.92. The van der Waals surface area contributed by atoms with Crippen LogP contribution in [-0.4, -0.2) is 38.2 Å². The fourth-order valence-electron chi connectivity index (χ4n) is 4.97. The SMILES string of the molecule is CCCOC(=O)C1C(C)=NC2=C(C(=O)C[C@@H](c3ccc(Cl)cc3)C2)[C@@H]1c1ccc(N(C)C)cc1. The lowest BCUT2D eigenvalue weighted by molar-refractivity contribution is -0.146. The number of carbonyl (C=O) groups is 2. The number of nitrogens with zero attached hydrogens (tertiary/aromatic N) is 2. The number of benzene rings is 2. The van der Waals surface area contributed by atoms with Crippen LogP contribution in [0.3, 0.4) is 0 Å². The average molecular weight is 479 g/mol. The zero-order valence-electron chi connectivity index (χ0n) is 20.2. The van der Waals surface area contributed by atoms with Gasteiger partial charge in [0, 0.05) is 54.1 Å². The van der Waals surface area contributed by atoms with Crippen molar-refractivity contribution in [3.63, 3.8) is 0 Å². The largest absolute Gasteiger partial charge is 0.465 e. The number of hydrogen-bond donors (Lipinski definition) is 0. The van der Waals surface area contributed by atoms with Crippen molar-refractivity contribution in [3.05, 3.63) is 76.0 Å². The third kappa shape index (κ3) is 4.80. The second kappa shape index (κ2) is 10.1. The highest BCUT2D eigenvalue weighted by Crippen LogP contribution is 2.47. The minimum Gasteiger partial charge on any atom is -0.465 e. The molecular weight excluding hydrogens is 448 g/mol. The first-order valence-electron chi connectivity index (χ1n) is 11.8. The standard InChI is InChI=1S/C28H31ClN2O3/c1-5-14-34-28(33)25-17(2)30-23-15-20(18-6-10-21(29)11-7-18)16-24(32)27(23)26(25)19-8-12-22(13-9-19)31(3)4/h6-13,20,25-26H,5,14-16H2,1-4H3/t20-,25?,26+/m0/s1. The van der Waals surface area contributed by atoms with E-state index in [1.54, 1.807) is 0 Å². The van der Waals surface area contributed by atoms with Crippen molar-refractivity contribution in [2.24, 2.45) is 10.9 Å². The minimum absolute atomic E-state index is 0.0421. The molecule has 0 saturated heterocycles. The minimum atomic E-state index is -0.605. The van der Waals surface area contributed by atoms with E-state index in [0.29, 0.717) is 35.8 Å². The molecule has 5 nitrogen and oxygen atoms in total. The van der Waals surface area contributed by atoms with Crippen molar-refractivity contribution in [2.45, 2.75) is 44.9 Å². The lowest BCUT2D eigenvalue weighted by atomic mass is 9.69. The molecule has 0 saturated carbocycles. The number of carbonyl (C=O) groups excluding carboxylic acids is 2. The van der Waals surface area contributed by atoms with Crippen molar-refractivity contribution < 1.29 is 14.3 Å². The van der Waals surface area contributed by atoms with E-state index in [9.17, 15) is 9.59 Å². The Morgan fingerprint density at radius 2 is 1.71 bits per heavy atom. The predicted octanol–water partition coefficient (Wildman–Crippen LogP) is 5.93. The molecule has 1 aliphatic carbocycles. The number of anilines is 1. The quantitative estimate of drug-likeness (QED) is 0.482. The Bertz CT molecular complexity index is 1130. The van der Waals surface area contributed by atoms with E-state index in [0.717, 1.165) is 28.9 Å². The zero-order chi connectivity index (χ0) is 24.4. The highest BCUT2D eigenvalue weighted by atomic mass is 35.5. The van der Waals surface area contributed by atoms with E-state index >= 15 is 0 Å². The van der Waals surface area contributed by atoms with Crippen LogP contribution in [0.25, 0.3) is 0 Å². The van der Waals surface area contributed by atoms with E-state index in [1.165, 1.54) is 0 Å². The zero-order valence-corrected chi connectivity index (χ0v) is 20.9. The summed E-state index contributed by atoms with van der Waals surface area (Å²) in [6, 6.07) is 15.7. The molecule has 1 unspecified atom stereocenters. The molecule has 0 aromatic heterocycles. The Kier molecular flexibility index (Phi) is 7.22. The molecule has 1 aliphatic heterocycles. The second-order valence-corrected chi connectivity index (χ2v) is 9.74. The van der Waals surface area contributed by atoms with Crippen LogP contribution in [-0.2, 0) is 14.3 Å². The summed E-state index contributed by atoms with van der Waals surface area (Å²) in [5.74, 6) is -1.23. The number of Topliss-reactive ketones (excluding diaryl/α,β-unsaturated/α-hetero) is 1. The van der Waals surface area contributed by atoms with Gasteiger partial charge in [0.25, 0.3) is 0 Å². The lowest BCUT2D eigenvalue weighted by Gasteiger charge is -2.36. The van der Waals surface area contributed by atoms with Gasteiger partial charge in [-0.2, -0.15) is 0 Å². The molecule has 1 heterocycles. The van der Waals surface area contributed by atoms with E-state index in [-0.39, 0.29) is 17.7 Å². The highest BCUT2D eigenvalue weighted by molar-refractivity contribution is 6.30. The molecule has 2 aromatic rings. The monoisotopic (exact) mass is 478 g/mol. The van der Waals surface area contributed by atoms with Crippen LogP contribution in [0, 0.1) is 5.92 Å². The van der Waals surface area contributed by atoms with Crippen molar-refractivity contribution in [1.29, 1.82) is 0 Å². The molecule has 34 heavy (non-hydrogen) atoms. The van der Waals surface area contributed by atoms with Gasteiger partial charge in [-0.1, -0.05) is 42.8 Å². The summed E-state index contributed by atoms with van der Waals surface area (Å²) in [4.78, 5) is 33.6. The Morgan fingerprint density at radius 3 is 2.32 bits per heavy atom. The first-order valence-corrected chi connectivity index (χ1v) is 12.2. The normalized spacial score (nSPS) is 22.2. The number of rotatable bonds is 6. The molecule has 3 atom stereocenters. The van der Waals surface area contributed by atoms with Gasteiger partial charge in [0.05, 0.1) is 6.61 Å². The molecule has 0 N–H and O–H groups in total. The number of aliphatic imine (C=N–C) groups is 1. The fraction of sp³-hybridized carbons (Fsp3) is 0.393. The third-order valence-electron chi connectivity index (χ3n) is 6.70. The van der Waals surface area contributed by atoms with Crippen molar-refractivity contribution >= 4 is 34.8 Å². The maximum absolute atomic E-state index is 13.6. The van der Waals surface area contributed by atoms with Gasteiger partial charge in [-0.05, 0) is 61.1 Å². The van der Waals surface area contributed by atoms with Crippen molar-refractivity contribution in [3.8, 4) is 0 Å². The van der Waals surface area contributed by atoms with E-state index < -0.39 is 11.8 Å². The summed E-state index contributed by atoms with van der Waals surface area (Å²) in [6.45, 7) is 4.20. The van der Waals surface area contributed by atoms with Crippen LogP contribution in [0.4, 0.5) is 5.69 Å². The Morgan fingerprint density at radius 1 is 1.06 bits per heavy atom. The van der Waals surface area contributed by atoms with Crippen molar-refractivity contribution in [1.82, 2.24) is 0 Å². The number of halogens is 1. The number of esters is 1. The smallest absolute Gasteiger partial charge is 0.315 e. The molecule has 6 heteroatoms. The van der Waals surface area contributed by atoms with Gasteiger partial charge in [0.2, 0.25) is 0 Å². The van der Waals surface area contributed by atoms with E-state index in [1.807, 2.05) is 81.4 Å². The summed E-state index contributed by atoms with van der Waals surface area (Å²) >= 11 is 6.06. The molecular formula is C28H31ClN2O3. The van der Waals surface area contributed by atoms with Crippen LogP contribution < -0.4 is 4.90 Å². The Balaban J connectivity index is 1.76. The summed E-state index contributed by atoms with van der Waals surface area (Å²) < 4.78 is 5.56. The van der Waals surface area contributed by atoms with Crippen LogP contribution in [0.2, 0.25) is 5.02 Å². The molecule has 2 aliphatic rings. The molecule has 0 amide bonds. The van der Waals surface area contributed by atoms with Gasteiger partial charge < -0.3 is 9.64 Å². The van der Waals surface area contributed by atoms with Gasteiger partial charge in [0.15, 0.2) is 5.78 Å². The number of ether oxygens (including phenoxy) is 1. The molecule has 0 radical (unpaired) electrons. The average Bonchev–Trinajstić information content (AvgIpc) is 2.82. The summed E-state index contributed by atoms with van der Waals surface area (Å²) in [6.07, 6.45) is 1.79. The van der Waals surface area contributed by atoms with E-state index in [2.05, 4.69) is 0 Å². The molecule has 0 spiro atoms. The number of hydrogen-bond acceptors (Lipinski definition) is 5. The van der Waals surface area contributed by atoms with E-state index in [4.69, 9.17) is 21.3 Å². The number of ketones is 1. The van der Waals surface area contributed by atoms with Gasteiger partial charge >= 0.3 is 5.97 Å². The maximum atomic E-state index is 13.6. The summed E-state index contributed by atoms with van der Waals surface area (Å²) in [5.41, 5.74) is 5.22. The summed E-state index contributed by atoms with van der Waals surface area (Å²) in [5, 5.41) is 0.673. The number of allylic oxidation sites excluding steroid dienone is 2. The molecule has 178 valence electrons. The van der Waals surface area contributed by atoms with Gasteiger partial charge in [-0.3, -0.25) is 14.6 Å². The van der Waals surface area contributed by atoms with Crippen molar-refractivity contribution in [2.75, 3.05) is 25.6 Å². The molecule has 4 rings (SSSR count). The first kappa shape index (κ1) is 24.2. The second-order valence-electron chi connectivity index (χ2n) is 9.30. The lowest BCUT2D eigenvalue weighted by Crippen LogP contribution is -2.38. The molecule has 2 aromatic carbocycles. The topological polar surface area (TPSA) is 59.0 Å². The highest BCUT2D eigenvalue weighted by Gasteiger charge is 2.44. The van der Waals surface area contributed by atoms with Gasteiger partial charge in [-0.25, -0.2) is 0 Å². The fourth-order valence-corrected chi connectivity index (χ4v) is 5.09. The van der Waals surface area contributed by atoms with Crippen LogP contribution in [0.15, 0.2) is 64.8 Å². The van der Waals surface area contributed by atoms with Gasteiger partial charge in [-0.15, -0.1) is 0 Å². The van der Waals surface area contributed by atoms with Crippen LogP contribution in [0.1, 0.15) is 56.1 Å². The maximum Gasteiger partial charge on any atom is 0.315 e. The predicted molar refractivity (Wildman–Crippen MR) is 137 cm³/mol. The third-order valence-corrected chi connectivity index (χ3v) is 6.95.